The van der Waals surface area contributed by atoms with E-state index in [1.54, 1.807) is 9.80 Å². The molecule has 0 spiro atoms. The molecule has 1 N–H and O–H groups in total. The van der Waals surface area contributed by atoms with E-state index in [0.717, 1.165) is 23.2 Å². The predicted molar refractivity (Wildman–Crippen MR) is 85.1 cm³/mol. The minimum atomic E-state index is -0.337. The molecule has 1 aliphatic heterocycles. The zero-order valence-electron chi connectivity index (χ0n) is 13.4. The molecule has 0 saturated carbocycles. The summed E-state index contributed by atoms with van der Waals surface area (Å²) in [7, 11) is 1.37. The first kappa shape index (κ1) is 16.1. The SMILES string of the molecule is COC(=O)N1CCCN(C(=O)Nc2cc(C)cc(C)c2)CC1. The number of nitrogens with one attached hydrogen (secondary N) is 1. The van der Waals surface area contributed by atoms with Crippen LogP contribution in [0.4, 0.5) is 15.3 Å². The number of rotatable bonds is 1. The molecule has 1 aromatic rings. The third-order valence-corrected chi connectivity index (χ3v) is 3.69. The van der Waals surface area contributed by atoms with Crippen LogP contribution in [0.2, 0.25) is 0 Å². The fourth-order valence-corrected chi connectivity index (χ4v) is 2.68. The third-order valence-electron chi connectivity index (χ3n) is 3.69. The van der Waals surface area contributed by atoms with E-state index in [4.69, 9.17) is 4.74 Å². The standard InChI is InChI=1S/C16H23N3O3/c1-12-9-13(2)11-14(10-12)17-15(20)18-5-4-6-19(8-7-18)16(21)22-3/h9-11H,4-8H2,1-3H3,(H,17,20). The Bertz CT molecular complexity index is 539. The Morgan fingerprint density at radius 3 is 2.23 bits per heavy atom. The molecule has 3 amide bonds. The summed E-state index contributed by atoms with van der Waals surface area (Å²) in [6.07, 6.45) is 0.409. The fraction of sp³-hybridized carbons (Fsp3) is 0.500. The minimum Gasteiger partial charge on any atom is -0.453 e. The van der Waals surface area contributed by atoms with E-state index in [1.807, 2.05) is 26.0 Å². The van der Waals surface area contributed by atoms with Crippen molar-refractivity contribution in [1.29, 1.82) is 0 Å². The molecular weight excluding hydrogens is 282 g/mol. The van der Waals surface area contributed by atoms with Crippen molar-refractivity contribution in [3.63, 3.8) is 0 Å². The van der Waals surface area contributed by atoms with Crippen LogP contribution in [-0.4, -0.2) is 55.2 Å². The Morgan fingerprint density at radius 1 is 1.00 bits per heavy atom. The molecule has 1 aliphatic rings. The van der Waals surface area contributed by atoms with Crippen LogP contribution < -0.4 is 5.32 Å². The number of anilines is 1. The molecule has 0 unspecified atom stereocenters. The van der Waals surface area contributed by atoms with Gasteiger partial charge in [0.1, 0.15) is 0 Å². The Morgan fingerprint density at radius 2 is 1.59 bits per heavy atom. The topological polar surface area (TPSA) is 61.9 Å². The average molecular weight is 305 g/mol. The molecule has 6 heteroatoms. The van der Waals surface area contributed by atoms with Gasteiger partial charge in [-0.25, -0.2) is 9.59 Å². The lowest BCUT2D eigenvalue weighted by molar-refractivity contribution is 0.125. The van der Waals surface area contributed by atoms with E-state index in [1.165, 1.54) is 7.11 Å². The molecule has 1 aromatic carbocycles. The predicted octanol–water partition coefficient (Wildman–Crippen LogP) is 2.61. The van der Waals surface area contributed by atoms with Gasteiger partial charge in [-0.1, -0.05) is 6.07 Å². The Hall–Kier alpha value is -2.24. The van der Waals surface area contributed by atoms with Crippen molar-refractivity contribution in [1.82, 2.24) is 9.80 Å². The zero-order valence-corrected chi connectivity index (χ0v) is 13.4. The van der Waals surface area contributed by atoms with Gasteiger partial charge in [0, 0.05) is 31.9 Å². The maximum absolute atomic E-state index is 12.4. The number of hydrogen-bond donors (Lipinski definition) is 1. The van der Waals surface area contributed by atoms with Gasteiger partial charge in [-0.15, -0.1) is 0 Å². The van der Waals surface area contributed by atoms with Crippen LogP contribution in [-0.2, 0) is 4.74 Å². The largest absolute Gasteiger partial charge is 0.453 e. The molecule has 0 aliphatic carbocycles. The summed E-state index contributed by atoms with van der Waals surface area (Å²) < 4.78 is 4.73. The highest BCUT2D eigenvalue weighted by Crippen LogP contribution is 2.15. The average Bonchev–Trinajstić information content (AvgIpc) is 2.71. The molecule has 6 nitrogen and oxygen atoms in total. The highest BCUT2D eigenvalue weighted by Gasteiger charge is 2.22. The Kier molecular flexibility index (Phi) is 5.25. The van der Waals surface area contributed by atoms with Crippen molar-refractivity contribution in [3.05, 3.63) is 29.3 Å². The van der Waals surface area contributed by atoms with Gasteiger partial charge in [-0.2, -0.15) is 0 Å². The lowest BCUT2D eigenvalue weighted by Crippen LogP contribution is -2.39. The molecule has 0 radical (unpaired) electrons. The molecule has 1 saturated heterocycles. The number of carbonyl (C=O) groups excluding carboxylic acids is 2. The van der Waals surface area contributed by atoms with E-state index in [2.05, 4.69) is 11.4 Å². The van der Waals surface area contributed by atoms with Crippen molar-refractivity contribution < 1.29 is 14.3 Å². The summed E-state index contributed by atoms with van der Waals surface area (Å²) in [5.41, 5.74) is 3.03. The van der Waals surface area contributed by atoms with Gasteiger partial charge >= 0.3 is 12.1 Å². The van der Waals surface area contributed by atoms with Gasteiger partial charge in [-0.3, -0.25) is 0 Å². The normalized spacial score (nSPS) is 15.2. The highest BCUT2D eigenvalue weighted by atomic mass is 16.5. The second-order valence-corrected chi connectivity index (χ2v) is 5.60. The highest BCUT2D eigenvalue weighted by molar-refractivity contribution is 5.89. The van der Waals surface area contributed by atoms with Crippen molar-refractivity contribution in [2.45, 2.75) is 20.3 Å². The van der Waals surface area contributed by atoms with Crippen LogP contribution in [0, 0.1) is 13.8 Å². The van der Waals surface area contributed by atoms with Crippen LogP contribution >= 0.6 is 0 Å². The summed E-state index contributed by atoms with van der Waals surface area (Å²) in [5.74, 6) is 0. The molecule has 2 rings (SSSR count). The van der Waals surface area contributed by atoms with Gasteiger partial charge in [0.15, 0.2) is 0 Å². The summed E-state index contributed by atoms with van der Waals surface area (Å²) in [4.78, 5) is 27.3. The van der Waals surface area contributed by atoms with E-state index in [-0.39, 0.29) is 12.1 Å². The molecule has 0 bridgehead atoms. The van der Waals surface area contributed by atoms with Crippen LogP contribution in [0.1, 0.15) is 17.5 Å². The molecule has 1 fully saturated rings. The first-order valence-corrected chi connectivity index (χ1v) is 7.46. The number of benzene rings is 1. The molecule has 0 aromatic heterocycles. The smallest absolute Gasteiger partial charge is 0.409 e. The maximum Gasteiger partial charge on any atom is 0.409 e. The second-order valence-electron chi connectivity index (χ2n) is 5.60. The summed E-state index contributed by atoms with van der Waals surface area (Å²) in [5, 5.41) is 2.93. The number of aryl methyl sites for hydroxylation is 2. The van der Waals surface area contributed by atoms with Crippen molar-refractivity contribution in [3.8, 4) is 0 Å². The number of hydrogen-bond acceptors (Lipinski definition) is 3. The van der Waals surface area contributed by atoms with Crippen LogP contribution in [0.5, 0.6) is 0 Å². The minimum absolute atomic E-state index is 0.128. The van der Waals surface area contributed by atoms with Crippen molar-refractivity contribution in [2.24, 2.45) is 0 Å². The monoisotopic (exact) mass is 305 g/mol. The lowest BCUT2D eigenvalue weighted by Gasteiger charge is -2.22. The third kappa shape index (κ3) is 4.13. The number of urea groups is 1. The lowest BCUT2D eigenvalue weighted by atomic mass is 10.1. The zero-order chi connectivity index (χ0) is 16.1. The molecule has 120 valence electrons. The summed E-state index contributed by atoms with van der Waals surface area (Å²) >= 11 is 0. The van der Waals surface area contributed by atoms with E-state index < -0.39 is 0 Å². The van der Waals surface area contributed by atoms with Crippen LogP contribution in [0.15, 0.2) is 18.2 Å². The Balaban J connectivity index is 1.96. The van der Waals surface area contributed by atoms with Gasteiger partial charge < -0.3 is 19.9 Å². The molecule has 22 heavy (non-hydrogen) atoms. The van der Waals surface area contributed by atoms with Gasteiger partial charge in [0.25, 0.3) is 0 Å². The number of methoxy groups -OCH3 is 1. The van der Waals surface area contributed by atoms with Crippen molar-refractivity contribution in [2.75, 3.05) is 38.6 Å². The maximum atomic E-state index is 12.4. The fourth-order valence-electron chi connectivity index (χ4n) is 2.68. The quantitative estimate of drug-likeness (QED) is 0.867. The van der Waals surface area contributed by atoms with E-state index in [9.17, 15) is 9.59 Å². The van der Waals surface area contributed by atoms with Crippen molar-refractivity contribution >= 4 is 17.8 Å². The second kappa shape index (κ2) is 7.15. The van der Waals surface area contributed by atoms with E-state index >= 15 is 0 Å². The van der Waals surface area contributed by atoms with E-state index in [0.29, 0.717) is 26.2 Å². The molecule has 0 atom stereocenters. The number of nitrogens with zero attached hydrogens (tertiary/aromatic N) is 2. The number of ether oxygens (including phenoxy) is 1. The summed E-state index contributed by atoms with van der Waals surface area (Å²) in [6, 6.07) is 5.83. The first-order valence-electron chi connectivity index (χ1n) is 7.46. The van der Waals surface area contributed by atoms with Gasteiger partial charge in [-0.05, 0) is 43.5 Å². The summed E-state index contributed by atoms with van der Waals surface area (Å²) in [6.45, 7) is 6.24. The van der Waals surface area contributed by atoms with Gasteiger partial charge in [0.05, 0.1) is 7.11 Å². The van der Waals surface area contributed by atoms with Crippen LogP contribution in [0.25, 0.3) is 0 Å². The molecular formula is C16H23N3O3. The first-order chi connectivity index (χ1) is 10.5. The molecule has 1 heterocycles. The number of amides is 3. The van der Waals surface area contributed by atoms with Gasteiger partial charge in [0.2, 0.25) is 0 Å². The number of carbonyl (C=O) groups is 2. The Labute approximate surface area is 131 Å². The van der Waals surface area contributed by atoms with Crippen LogP contribution in [0.3, 0.4) is 0 Å².